The quantitative estimate of drug-likeness (QED) is 0.892. The minimum atomic E-state index is -0.372. The molecule has 1 saturated heterocycles. The van der Waals surface area contributed by atoms with Crippen LogP contribution in [0.5, 0.6) is 0 Å². The molecule has 0 saturated carbocycles. The Morgan fingerprint density at radius 1 is 1.04 bits per heavy atom. The number of hydrogen-bond donors (Lipinski definition) is 2. The van der Waals surface area contributed by atoms with Crippen molar-refractivity contribution in [1.29, 1.82) is 0 Å². The lowest BCUT2D eigenvalue weighted by molar-refractivity contribution is -0.0710. The first kappa shape index (κ1) is 16.2. The first-order valence-corrected chi connectivity index (χ1v) is 8.42. The fourth-order valence-electron chi connectivity index (χ4n) is 3.44. The summed E-state index contributed by atoms with van der Waals surface area (Å²) in [7, 11) is 0. The molecule has 3 nitrogen and oxygen atoms in total. The topological polar surface area (TPSA) is 41.5 Å². The first-order valence-electron chi connectivity index (χ1n) is 8.42. The predicted molar refractivity (Wildman–Crippen MR) is 92.6 cm³/mol. The van der Waals surface area contributed by atoms with E-state index in [1.54, 1.807) is 0 Å². The fraction of sp³-hybridized carbons (Fsp3) is 0.400. The Hall–Kier alpha value is -1.68. The van der Waals surface area contributed by atoms with Gasteiger partial charge in [0.2, 0.25) is 0 Å². The van der Waals surface area contributed by atoms with Gasteiger partial charge >= 0.3 is 0 Å². The molecular formula is C20H25NO2. The normalized spacial score (nSPS) is 24.7. The van der Waals surface area contributed by atoms with Crippen LogP contribution < -0.4 is 5.32 Å². The van der Waals surface area contributed by atoms with Crippen molar-refractivity contribution in [3.05, 3.63) is 71.8 Å². The van der Waals surface area contributed by atoms with Crippen molar-refractivity contribution in [3.8, 4) is 0 Å². The van der Waals surface area contributed by atoms with E-state index in [1.165, 1.54) is 11.1 Å². The maximum atomic E-state index is 10.5. The van der Waals surface area contributed by atoms with Gasteiger partial charge in [0, 0.05) is 12.3 Å². The molecule has 0 bridgehead atoms. The maximum Gasteiger partial charge on any atom is 0.0740 e. The second kappa shape index (κ2) is 7.73. The first-order chi connectivity index (χ1) is 11.3. The van der Waals surface area contributed by atoms with E-state index < -0.39 is 0 Å². The minimum Gasteiger partial charge on any atom is -0.391 e. The number of likely N-dealkylation sites (N-methyl/N-ethyl adjacent to an activating group) is 1. The predicted octanol–water partition coefficient (Wildman–Crippen LogP) is 2.95. The van der Waals surface area contributed by atoms with E-state index in [9.17, 15) is 5.11 Å². The highest BCUT2D eigenvalue weighted by molar-refractivity contribution is 5.34. The van der Waals surface area contributed by atoms with E-state index >= 15 is 0 Å². The minimum absolute atomic E-state index is 0.00953. The molecule has 0 amide bonds. The van der Waals surface area contributed by atoms with Gasteiger partial charge in [-0.3, -0.25) is 0 Å². The summed E-state index contributed by atoms with van der Waals surface area (Å²) in [6.07, 6.45) is 0.264. The van der Waals surface area contributed by atoms with Crippen LogP contribution in [0, 0.1) is 0 Å². The van der Waals surface area contributed by atoms with Gasteiger partial charge in [0.1, 0.15) is 0 Å². The number of hydrogen-bond acceptors (Lipinski definition) is 3. The summed E-state index contributed by atoms with van der Waals surface area (Å²) >= 11 is 0. The van der Waals surface area contributed by atoms with Crippen molar-refractivity contribution in [2.75, 3.05) is 13.2 Å². The SMILES string of the molecule is CCN[C@@H]1COC(C(c2ccccc2)c2ccccc2)CC1O. The van der Waals surface area contributed by atoms with Gasteiger partial charge in [0.25, 0.3) is 0 Å². The van der Waals surface area contributed by atoms with Gasteiger partial charge in [-0.15, -0.1) is 0 Å². The van der Waals surface area contributed by atoms with Crippen LogP contribution in [-0.4, -0.2) is 36.5 Å². The van der Waals surface area contributed by atoms with Gasteiger partial charge < -0.3 is 15.2 Å². The van der Waals surface area contributed by atoms with Crippen molar-refractivity contribution in [1.82, 2.24) is 5.32 Å². The van der Waals surface area contributed by atoms with Crippen LogP contribution in [0.25, 0.3) is 0 Å². The zero-order valence-corrected chi connectivity index (χ0v) is 13.6. The van der Waals surface area contributed by atoms with Crippen molar-refractivity contribution in [3.63, 3.8) is 0 Å². The lowest BCUT2D eigenvalue weighted by Crippen LogP contribution is -2.50. The molecule has 3 atom stereocenters. The van der Waals surface area contributed by atoms with Crippen LogP contribution in [0.15, 0.2) is 60.7 Å². The third kappa shape index (κ3) is 3.81. The summed E-state index contributed by atoms with van der Waals surface area (Å²) in [5.74, 6) is 0.148. The zero-order valence-electron chi connectivity index (χ0n) is 13.6. The van der Waals surface area contributed by atoms with Crippen LogP contribution in [0.2, 0.25) is 0 Å². The molecule has 122 valence electrons. The summed E-state index contributed by atoms with van der Waals surface area (Å²) < 4.78 is 6.16. The Morgan fingerprint density at radius 2 is 1.61 bits per heavy atom. The smallest absolute Gasteiger partial charge is 0.0740 e. The average molecular weight is 311 g/mol. The van der Waals surface area contributed by atoms with Crippen LogP contribution in [0.1, 0.15) is 30.4 Å². The van der Waals surface area contributed by atoms with Gasteiger partial charge in [0.15, 0.2) is 0 Å². The molecular weight excluding hydrogens is 286 g/mol. The van der Waals surface area contributed by atoms with Crippen molar-refractivity contribution in [2.24, 2.45) is 0 Å². The van der Waals surface area contributed by atoms with Gasteiger partial charge in [-0.05, 0) is 17.7 Å². The molecule has 0 aromatic heterocycles. The van der Waals surface area contributed by atoms with E-state index in [1.807, 2.05) is 12.1 Å². The lowest BCUT2D eigenvalue weighted by atomic mass is 9.82. The van der Waals surface area contributed by atoms with Gasteiger partial charge in [0.05, 0.1) is 24.9 Å². The van der Waals surface area contributed by atoms with E-state index in [4.69, 9.17) is 4.74 Å². The van der Waals surface area contributed by atoms with Crippen molar-refractivity contribution < 1.29 is 9.84 Å². The lowest BCUT2D eigenvalue weighted by Gasteiger charge is -2.38. The molecule has 0 radical (unpaired) electrons. The molecule has 2 aromatic rings. The van der Waals surface area contributed by atoms with Gasteiger partial charge in [-0.2, -0.15) is 0 Å². The molecule has 0 aliphatic carbocycles. The Labute approximate surface area is 138 Å². The molecule has 1 aliphatic rings. The third-order valence-electron chi connectivity index (χ3n) is 4.58. The summed E-state index contributed by atoms with van der Waals surface area (Å²) in [5.41, 5.74) is 2.47. The van der Waals surface area contributed by atoms with E-state index in [0.717, 1.165) is 6.54 Å². The zero-order chi connectivity index (χ0) is 16.1. The number of ether oxygens (including phenoxy) is 1. The summed E-state index contributed by atoms with van der Waals surface area (Å²) in [6.45, 7) is 3.45. The molecule has 1 aliphatic heterocycles. The van der Waals surface area contributed by atoms with Crippen LogP contribution in [0.3, 0.4) is 0 Å². The van der Waals surface area contributed by atoms with Crippen LogP contribution in [0.4, 0.5) is 0 Å². The summed E-state index contributed by atoms with van der Waals surface area (Å²) in [5, 5.41) is 13.8. The second-order valence-corrected chi connectivity index (χ2v) is 6.14. The molecule has 23 heavy (non-hydrogen) atoms. The average Bonchev–Trinajstić information content (AvgIpc) is 2.60. The van der Waals surface area contributed by atoms with Gasteiger partial charge in [-0.1, -0.05) is 67.6 Å². The largest absolute Gasteiger partial charge is 0.391 e. The molecule has 3 heteroatoms. The van der Waals surface area contributed by atoms with Gasteiger partial charge in [-0.25, -0.2) is 0 Å². The highest BCUT2D eigenvalue weighted by Gasteiger charge is 2.35. The molecule has 0 spiro atoms. The molecule has 2 aromatic carbocycles. The van der Waals surface area contributed by atoms with Crippen molar-refractivity contribution >= 4 is 0 Å². The Balaban J connectivity index is 1.85. The molecule has 2 N–H and O–H groups in total. The standard InChI is InChI=1S/C20H25NO2/c1-2-21-17-14-23-19(13-18(17)22)20(15-9-5-3-6-10-15)16-11-7-4-8-12-16/h3-12,17-22H,2,13-14H2,1H3/t17-,18?,19?/m1/s1. The molecule has 3 rings (SSSR count). The second-order valence-electron chi connectivity index (χ2n) is 6.14. The number of nitrogens with one attached hydrogen (secondary N) is 1. The van der Waals surface area contributed by atoms with Crippen LogP contribution in [-0.2, 0) is 4.74 Å². The maximum absolute atomic E-state index is 10.5. The highest BCUT2D eigenvalue weighted by Crippen LogP contribution is 2.34. The Kier molecular flexibility index (Phi) is 5.44. The number of aliphatic hydroxyl groups is 1. The number of aliphatic hydroxyl groups excluding tert-OH is 1. The number of rotatable bonds is 5. The molecule has 1 heterocycles. The number of benzene rings is 2. The summed E-state index contributed by atoms with van der Waals surface area (Å²) in [4.78, 5) is 0. The Morgan fingerprint density at radius 3 is 2.09 bits per heavy atom. The fourth-order valence-corrected chi connectivity index (χ4v) is 3.44. The third-order valence-corrected chi connectivity index (χ3v) is 4.58. The Bertz CT molecular complexity index is 548. The van der Waals surface area contributed by atoms with Crippen molar-refractivity contribution in [2.45, 2.75) is 37.5 Å². The summed E-state index contributed by atoms with van der Waals surface area (Å²) in [6, 6.07) is 20.9. The molecule has 1 fully saturated rings. The van der Waals surface area contributed by atoms with Crippen LogP contribution >= 0.6 is 0 Å². The van der Waals surface area contributed by atoms with E-state index in [-0.39, 0.29) is 24.2 Å². The monoisotopic (exact) mass is 311 g/mol. The highest BCUT2D eigenvalue weighted by atomic mass is 16.5. The molecule has 2 unspecified atom stereocenters. The van der Waals surface area contributed by atoms with E-state index in [2.05, 4.69) is 60.8 Å². The van der Waals surface area contributed by atoms with E-state index in [0.29, 0.717) is 13.0 Å².